The largest absolute Gasteiger partial charge is 0.462 e. The van der Waals surface area contributed by atoms with Crippen molar-refractivity contribution >= 4 is 17.9 Å². The van der Waals surface area contributed by atoms with Gasteiger partial charge in [0.1, 0.15) is 13.2 Å². The molecule has 0 N–H and O–H groups in total. The van der Waals surface area contributed by atoms with Crippen LogP contribution in [0.4, 0.5) is 0 Å². The van der Waals surface area contributed by atoms with Crippen molar-refractivity contribution in [3.05, 3.63) is 24.3 Å². The molecule has 0 rings (SSSR count). The Morgan fingerprint density at radius 2 is 0.480 bits per heavy atom. The lowest BCUT2D eigenvalue weighted by Crippen LogP contribution is -2.30. The highest BCUT2D eigenvalue weighted by Gasteiger charge is 2.19. The van der Waals surface area contributed by atoms with E-state index in [-0.39, 0.29) is 31.1 Å². The third-order valence-corrected chi connectivity index (χ3v) is 15.5. The van der Waals surface area contributed by atoms with Crippen LogP contribution in [0.2, 0.25) is 0 Å². The molecule has 0 saturated carbocycles. The first-order valence-corrected chi connectivity index (χ1v) is 33.8. The smallest absolute Gasteiger partial charge is 0.306 e. The van der Waals surface area contributed by atoms with Gasteiger partial charge in [0.15, 0.2) is 6.10 Å². The van der Waals surface area contributed by atoms with Gasteiger partial charge in [0, 0.05) is 19.3 Å². The Bertz CT molecular complexity index is 1210. The molecule has 0 aliphatic heterocycles. The van der Waals surface area contributed by atoms with E-state index >= 15 is 0 Å². The van der Waals surface area contributed by atoms with Crippen molar-refractivity contribution in [2.24, 2.45) is 0 Å². The summed E-state index contributed by atoms with van der Waals surface area (Å²) < 4.78 is 16.8. The first-order valence-electron chi connectivity index (χ1n) is 33.8. The van der Waals surface area contributed by atoms with Crippen molar-refractivity contribution in [1.82, 2.24) is 0 Å². The number of rotatable bonds is 63. The molecule has 75 heavy (non-hydrogen) atoms. The van der Waals surface area contributed by atoms with Crippen LogP contribution in [-0.4, -0.2) is 37.2 Å². The Balaban J connectivity index is 3.99. The second-order valence-electron chi connectivity index (χ2n) is 23.1. The minimum absolute atomic E-state index is 0.0668. The van der Waals surface area contributed by atoms with Gasteiger partial charge in [-0.25, -0.2) is 0 Å². The topological polar surface area (TPSA) is 78.9 Å². The van der Waals surface area contributed by atoms with Gasteiger partial charge in [0.05, 0.1) is 0 Å². The van der Waals surface area contributed by atoms with E-state index in [2.05, 4.69) is 45.1 Å². The van der Waals surface area contributed by atoms with E-state index in [1.54, 1.807) is 0 Å². The zero-order valence-electron chi connectivity index (χ0n) is 50.8. The highest BCUT2D eigenvalue weighted by molar-refractivity contribution is 5.71. The molecule has 0 amide bonds. The van der Waals surface area contributed by atoms with Crippen LogP contribution >= 0.6 is 0 Å². The van der Waals surface area contributed by atoms with Gasteiger partial charge in [0.2, 0.25) is 0 Å². The number of carbonyl (C=O) groups is 3. The maximum Gasteiger partial charge on any atom is 0.306 e. The molecule has 0 aliphatic rings. The molecule has 0 bridgehead atoms. The molecule has 1 atom stereocenters. The van der Waals surface area contributed by atoms with Crippen LogP contribution in [0.3, 0.4) is 0 Å². The molecule has 0 aromatic heterocycles. The Kier molecular flexibility index (Phi) is 62.6. The monoisotopic (exact) mass is 1050 g/mol. The number of carbonyl (C=O) groups excluding carboxylic acids is 3. The van der Waals surface area contributed by atoms with Crippen LogP contribution in [0.5, 0.6) is 0 Å². The normalized spacial score (nSPS) is 12.1. The summed E-state index contributed by atoms with van der Waals surface area (Å²) in [6, 6.07) is 0. The molecule has 0 spiro atoms. The van der Waals surface area contributed by atoms with Crippen molar-refractivity contribution in [1.29, 1.82) is 0 Å². The third-order valence-electron chi connectivity index (χ3n) is 15.5. The molecule has 0 saturated heterocycles. The standard InChI is InChI=1S/C69H130O6/c1-4-7-10-13-16-18-20-22-24-26-28-30-32-33-34-35-36-38-39-41-43-45-47-49-51-53-56-59-62-68(71)74-65-66(64-73-67(70)61-58-55-15-12-9-6-3)75-69(72)63-60-57-54-52-50-48-46-44-42-40-37-31-29-27-25-23-21-19-17-14-11-8-5-2/h21,23,27,29,66H,4-20,22,24-26,28,30-65H2,1-3H3/b23-21-,29-27-. The second-order valence-corrected chi connectivity index (χ2v) is 23.1. The van der Waals surface area contributed by atoms with Gasteiger partial charge in [-0.3, -0.25) is 14.4 Å². The summed E-state index contributed by atoms with van der Waals surface area (Å²) >= 11 is 0. The molecule has 0 aromatic carbocycles. The molecule has 0 aliphatic carbocycles. The van der Waals surface area contributed by atoms with Gasteiger partial charge < -0.3 is 14.2 Å². The molecule has 0 fully saturated rings. The summed E-state index contributed by atoms with van der Waals surface area (Å²) in [6.07, 6.45) is 78.2. The first-order chi connectivity index (χ1) is 37.0. The van der Waals surface area contributed by atoms with Crippen molar-refractivity contribution in [3.8, 4) is 0 Å². The number of allylic oxidation sites excluding steroid dienone is 4. The van der Waals surface area contributed by atoms with Crippen LogP contribution in [0.25, 0.3) is 0 Å². The van der Waals surface area contributed by atoms with E-state index in [1.807, 2.05) is 0 Å². The van der Waals surface area contributed by atoms with E-state index in [1.165, 1.54) is 276 Å². The van der Waals surface area contributed by atoms with Crippen molar-refractivity contribution in [3.63, 3.8) is 0 Å². The molecule has 6 heteroatoms. The van der Waals surface area contributed by atoms with Crippen LogP contribution in [0.15, 0.2) is 24.3 Å². The lowest BCUT2D eigenvalue weighted by atomic mass is 10.0. The predicted octanol–water partition coefficient (Wildman–Crippen LogP) is 23.0. The maximum absolute atomic E-state index is 12.9. The Hall–Kier alpha value is -2.11. The minimum atomic E-state index is -0.767. The van der Waals surface area contributed by atoms with E-state index in [9.17, 15) is 14.4 Å². The van der Waals surface area contributed by atoms with Gasteiger partial charge in [-0.1, -0.05) is 334 Å². The highest BCUT2D eigenvalue weighted by atomic mass is 16.6. The maximum atomic E-state index is 12.9. The van der Waals surface area contributed by atoms with Gasteiger partial charge in [0.25, 0.3) is 0 Å². The van der Waals surface area contributed by atoms with Crippen LogP contribution < -0.4 is 0 Å². The summed E-state index contributed by atoms with van der Waals surface area (Å²) in [4.78, 5) is 38.0. The summed E-state index contributed by atoms with van der Waals surface area (Å²) in [5, 5.41) is 0. The fraction of sp³-hybridized carbons (Fsp3) is 0.899. The first kappa shape index (κ1) is 72.9. The quantitative estimate of drug-likeness (QED) is 0.0261. The fourth-order valence-electron chi connectivity index (χ4n) is 10.4. The Labute approximate surface area is 468 Å². The third kappa shape index (κ3) is 62.6. The molecule has 6 nitrogen and oxygen atoms in total. The number of unbranched alkanes of at least 4 members (excludes halogenated alkanes) is 48. The number of ether oxygens (including phenoxy) is 3. The number of esters is 3. The lowest BCUT2D eigenvalue weighted by Gasteiger charge is -2.18. The molecular formula is C69H130O6. The average Bonchev–Trinajstić information content (AvgIpc) is 3.41. The van der Waals surface area contributed by atoms with Gasteiger partial charge >= 0.3 is 17.9 Å². The predicted molar refractivity (Wildman–Crippen MR) is 326 cm³/mol. The van der Waals surface area contributed by atoms with Crippen molar-refractivity contribution in [2.75, 3.05) is 13.2 Å². The van der Waals surface area contributed by atoms with E-state index in [0.29, 0.717) is 19.3 Å². The number of hydrogen-bond donors (Lipinski definition) is 0. The van der Waals surface area contributed by atoms with Gasteiger partial charge in [-0.05, 0) is 51.4 Å². The van der Waals surface area contributed by atoms with E-state index < -0.39 is 6.10 Å². The molecule has 0 heterocycles. The zero-order chi connectivity index (χ0) is 54.3. The van der Waals surface area contributed by atoms with Crippen LogP contribution in [-0.2, 0) is 28.6 Å². The lowest BCUT2D eigenvalue weighted by molar-refractivity contribution is -0.167. The molecule has 0 aromatic rings. The van der Waals surface area contributed by atoms with Gasteiger partial charge in [-0.15, -0.1) is 0 Å². The zero-order valence-corrected chi connectivity index (χ0v) is 50.8. The summed E-state index contributed by atoms with van der Waals surface area (Å²) in [6.45, 7) is 6.64. The van der Waals surface area contributed by atoms with E-state index in [4.69, 9.17) is 14.2 Å². The number of hydrogen-bond acceptors (Lipinski definition) is 6. The molecule has 0 radical (unpaired) electrons. The SMILES string of the molecule is CCCCCCC/C=C\C/C=C\CCCCCCCCCCCCCC(=O)OC(COC(=O)CCCCCCCC)COC(=O)CCCCCCCCCCCCCCCCCCCCCCCCCCCCCC. The second kappa shape index (κ2) is 64.4. The van der Waals surface area contributed by atoms with Crippen LogP contribution in [0.1, 0.15) is 380 Å². The molecule has 1 unspecified atom stereocenters. The average molecular weight is 1060 g/mol. The fourth-order valence-corrected chi connectivity index (χ4v) is 10.4. The summed E-state index contributed by atoms with van der Waals surface area (Å²) in [5.74, 6) is -0.854. The minimum Gasteiger partial charge on any atom is -0.462 e. The van der Waals surface area contributed by atoms with Gasteiger partial charge in [-0.2, -0.15) is 0 Å². The van der Waals surface area contributed by atoms with Crippen molar-refractivity contribution < 1.29 is 28.6 Å². The highest BCUT2D eigenvalue weighted by Crippen LogP contribution is 2.18. The van der Waals surface area contributed by atoms with E-state index in [0.717, 1.165) is 64.2 Å². The molecule has 442 valence electrons. The van der Waals surface area contributed by atoms with Crippen LogP contribution in [0, 0.1) is 0 Å². The summed E-state index contributed by atoms with van der Waals surface area (Å²) in [5.41, 5.74) is 0. The van der Waals surface area contributed by atoms with Crippen molar-refractivity contribution in [2.45, 2.75) is 386 Å². The Morgan fingerprint density at radius 3 is 0.733 bits per heavy atom. The summed E-state index contributed by atoms with van der Waals surface area (Å²) in [7, 11) is 0. The molecular weight excluding hydrogens is 925 g/mol. The Morgan fingerprint density at radius 1 is 0.267 bits per heavy atom.